The second kappa shape index (κ2) is 5.93. The molecule has 1 aromatic carbocycles. The van der Waals surface area contributed by atoms with Gasteiger partial charge in [-0.05, 0) is 31.9 Å². The fraction of sp³-hybridized carbons (Fsp3) is 0.500. The molecule has 6 heteroatoms. The van der Waals surface area contributed by atoms with Gasteiger partial charge in [-0.3, -0.25) is 4.79 Å². The number of hydrogen-bond donors (Lipinski definition) is 1. The number of benzene rings is 1. The van der Waals surface area contributed by atoms with Crippen molar-refractivity contribution in [2.24, 2.45) is 0 Å². The highest BCUT2D eigenvalue weighted by atomic mass is 32.2. The number of sulfone groups is 1. The molecular weight excluding hydrogens is 278 g/mol. The minimum Gasteiger partial charge on any atom is -0.376 e. The van der Waals surface area contributed by atoms with Gasteiger partial charge in [0.05, 0.1) is 22.6 Å². The van der Waals surface area contributed by atoms with Crippen LogP contribution in [0.1, 0.15) is 30.1 Å². The van der Waals surface area contributed by atoms with Crippen molar-refractivity contribution in [2.45, 2.75) is 36.8 Å². The summed E-state index contributed by atoms with van der Waals surface area (Å²) in [6, 6.07) is 6.09. The molecule has 20 heavy (non-hydrogen) atoms. The van der Waals surface area contributed by atoms with Gasteiger partial charge in [0.15, 0.2) is 9.84 Å². The van der Waals surface area contributed by atoms with Crippen LogP contribution in [-0.4, -0.2) is 39.3 Å². The Morgan fingerprint density at radius 3 is 2.70 bits per heavy atom. The smallest absolute Gasteiger partial charge is 0.252 e. The van der Waals surface area contributed by atoms with Crippen LogP contribution in [0.4, 0.5) is 0 Å². The number of amides is 1. The van der Waals surface area contributed by atoms with E-state index in [0.29, 0.717) is 6.61 Å². The minimum atomic E-state index is -3.43. The first-order valence-electron chi connectivity index (χ1n) is 6.61. The monoisotopic (exact) mass is 297 g/mol. The molecule has 2 rings (SSSR count). The van der Waals surface area contributed by atoms with Crippen LogP contribution in [0.3, 0.4) is 0 Å². The van der Waals surface area contributed by atoms with Gasteiger partial charge in [-0.2, -0.15) is 0 Å². The van der Waals surface area contributed by atoms with E-state index in [1.54, 1.807) is 12.1 Å². The molecule has 5 nitrogen and oxygen atoms in total. The van der Waals surface area contributed by atoms with E-state index in [4.69, 9.17) is 4.74 Å². The predicted molar refractivity (Wildman–Crippen MR) is 75.5 cm³/mol. The zero-order valence-electron chi connectivity index (χ0n) is 11.6. The van der Waals surface area contributed by atoms with Crippen LogP contribution in [0, 0.1) is 0 Å². The van der Waals surface area contributed by atoms with E-state index in [1.165, 1.54) is 12.1 Å². The Morgan fingerprint density at radius 2 is 2.10 bits per heavy atom. The Morgan fingerprint density at radius 1 is 1.40 bits per heavy atom. The highest BCUT2D eigenvalue weighted by Crippen LogP contribution is 2.18. The summed E-state index contributed by atoms with van der Waals surface area (Å²) in [7, 11) is -3.43. The fourth-order valence-corrected chi connectivity index (χ4v) is 3.24. The van der Waals surface area contributed by atoms with E-state index < -0.39 is 9.84 Å². The Balaban J connectivity index is 2.17. The lowest BCUT2D eigenvalue weighted by Crippen LogP contribution is -2.41. The lowest BCUT2D eigenvalue weighted by atomic mass is 10.1. The number of hydrogen-bond acceptors (Lipinski definition) is 4. The highest BCUT2D eigenvalue weighted by Gasteiger charge is 2.25. The maximum Gasteiger partial charge on any atom is 0.252 e. The standard InChI is InChI=1S/C14H19NO4S/c1-10(12-7-5-9-19-12)15-14(16)11-6-3-4-8-13(11)20(2,17)18/h3-4,6,8,10,12H,5,7,9H2,1-2H3,(H,15,16)/t10-,12-/m1/s1. The van der Waals surface area contributed by atoms with Crippen molar-refractivity contribution in [3.63, 3.8) is 0 Å². The summed E-state index contributed by atoms with van der Waals surface area (Å²) in [5, 5.41) is 2.82. The first-order chi connectivity index (χ1) is 9.39. The van der Waals surface area contributed by atoms with Crippen LogP contribution < -0.4 is 5.32 Å². The van der Waals surface area contributed by atoms with Gasteiger partial charge in [0, 0.05) is 12.9 Å². The fourth-order valence-electron chi connectivity index (χ4n) is 2.35. The van der Waals surface area contributed by atoms with Gasteiger partial charge in [-0.1, -0.05) is 12.1 Å². The largest absolute Gasteiger partial charge is 0.376 e. The molecule has 1 heterocycles. The number of carbonyl (C=O) groups is 1. The number of ether oxygens (including phenoxy) is 1. The van der Waals surface area contributed by atoms with Gasteiger partial charge in [0.1, 0.15) is 0 Å². The molecule has 1 aliphatic heterocycles. The van der Waals surface area contributed by atoms with Crippen LogP contribution in [0.5, 0.6) is 0 Å². The number of nitrogens with one attached hydrogen (secondary N) is 1. The van der Waals surface area contributed by atoms with Crippen LogP contribution in [0.25, 0.3) is 0 Å². The van der Waals surface area contributed by atoms with Crippen molar-refractivity contribution >= 4 is 15.7 Å². The van der Waals surface area contributed by atoms with Crippen LogP contribution in [-0.2, 0) is 14.6 Å². The molecule has 110 valence electrons. The van der Waals surface area contributed by atoms with E-state index in [0.717, 1.165) is 19.1 Å². The second-order valence-electron chi connectivity index (χ2n) is 5.08. The molecule has 0 aliphatic carbocycles. The molecular formula is C14H19NO4S. The first-order valence-corrected chi connectivity index (χ1v) is 8.50. The molecule has 1 aliphatic rings. The van der Waals surface area contributed by atoms with Crippen LogP contribution in [0.15, 0.2) is 29.2 Å². The van der Waals surface area contributed by atoms with Crippen LogP contribution >= 0.6 is 0 Å². The lowest BCUT2D eigenvalue weighted by Gasteiger charge is -2.20. The second-order valence-corrected chi connectivity index (χ2v) is 7.07. The van der Waals surface area contributed by atoms with Crippen molar-refractivity contribution in [1.82, 2.24) is 5.32 Å². The average molecular weight is 297 g/mol. The summed E-state index contributed by atoms with van der Waals surface area (Å²) in [4.78, 5) is 12.3. The average Bonchev–Trinajstić information content (AvgIpc) is 2.91. The third kappa shape index (κ3) is 3.37. The normalized spacial score (nSPS) is 20.6. The topological polar surface area (TPSA) is 72.5 Å². The van der Waals surface area contributed by atoms with E-state index in [1.807, 2.05) is 6.92 Å². The van der Waals surface area contributed by atoms with Gasteiger partial charge >= 0.3 is 0 Å². The Labute approximate surface area is 119 Å². The van der Waals surface area contributed by atoms with Gasteiger partial charge in [-0.15, -0.1) is 0 Å². The molecule has 1 fully saturated rings. The molecule has 0 radical (unpaired) electrons. The third-order valence-corrected chi connectivity index (χ3v) is 4.57. The van der Waals surface area contributed by atoms with Gasteiger partial charge < -0.3 is 10.1 Å². The Hall–Kier alpha value is -1.40. The summed E-state index contributed by atoms with van der Waals surface area (Å²) in [5.74, 6) is -0.381. The van der Waals surface area contributed by atoms with Gasteiger partial charge in [0.2, 0.25) is 0 Å². The summed E-state index contributed by atoms with van der Waals surface area (Å²) in [6.45, 7) is 2.59. The van der Waals surface area contributed by atoms with E-state index in [-0.39, 0.29) is 28.5 Å². The van der Waals surface area contributed by atoms with E-state index in [2.05, 4.69) is 5.32 Å². The quantitative estimate of drug-likeness (QED) is 0.911. The molecule has 0 saturated carbocycles. The van der Waals surface area contributed by atoms with Crippen molar-refractivity contribution in [1.29, 1.82) is 0 Å². The maximum absolute atomic E-state index is 12.2. The zero-order valence-corrected chi connectivity index (χ0v) is 12.4. The van der Waals surface area contributed by atoms with E-state index in [9.17, 15) is 13.2 Å². The third-order valence-electron chi connectivity index (χ3n) is 3.41. The highest BCUT2D eigenvalue weighted by molar-refractivity contribution is 7.90. The maximum atomic E-state index is 12.2. The molecule has 1 saturated heterocycles. The molecule has 2 atom stereocenters. The SMILES string of the molecule is C[C@@H](NC(=O)c1ccccc1S(C)(=O)=O)[C@H]1CCCO1. The zero-order chi connectivity index (χ0) is 14.8. The summed E-state index contributed by atoms with van der Waals surface area (Å²) in [5.41, 5.74) is 0.180. The minimum absolute atomic E-state index is 0.00402. The van der Waals surface area contributed by atoms with Crippen molar-refractivity contribution < 1.29 is 17.9 Å². The predicted octanol–water partition coefficient (Wildman–Crippen LogP) is 1.39. The lowest BCUT2D eigenvalue weighted by molar-refractivity contribution is 0.0710. The summed E-state index contributed by atoms with van der Waals surface area (Å²) in [6.07, 6.45) is 3.01. The van der Waals surface area contributed by atoms with Crippen molar-refractivity contribution in [3.8, 4) is 0 Å². The van der Waals surface area contributed by atoms with Crippen molar-refractivity contribution in [2.75, 3.05) is 12.9 Å². The molecule has 0 spiro atoms. The molecule has 1 aromatic rings. The molecule has 1 amide bonds. The molecule has 0 aromatic heterocycles. The first kappa shape index (κ1) is 15.0. The van der Waals surface area contributed by atoms with Gasteiger partial charge in [0.25, 0.3) is 5.91 Å². The van der Waals surface area contributed by atoms with Crippen molar-refractivity contribution in [3.05, 3.63) is 29.8 Å². The molecule has 1 N–H and O–H groups in total. The van der Waals surface area contributed by atoms with Gasteiger partial charge in [-0.25, -0.2) is 8.42 Å². The summed E-state index contributed by atoms with van der Waals surface area (Å²) < 4.78 is 28.9. The molecule has 0 unspecified atom stereocenters. The Kier molecular flexibility index (Phi) is 4.45. The summed E-state index contributed by atoms with van der Waals surface area (Å²) >= 11 is 0. The number of rotatable bonds is 4. The molecule has 0 bridgehead atoms. The number of carbonyl (C=O) groups excluding carboxylic acids is 1. The van der Waals surface area contributed by atoms with Crippen LogP contribution in [0.2, 0.25) is 0 Å². The Bertz CT molecular complexity index is 591. The van der Waals surface area contributed by atoms with E-state index >= 15 is 0 Å².